The zero-order valence-corrected chi connectivity index (χ0v) is 12.7. The molecule has 0 heterocycles. The van der Waals surface area contributed by atoms with Gasteiger partial charge in [-0.2, -0.15) is 13.2 Å². The number of halogens is 3. The van der Waals surface area contributed by atoms with Gasteiger partial charge >= 0.3 is 12.2 Å². The van der Waals surface area contributed by atoms with Crippen molar-refractivity contribution in [1.82, 2.24) is 10.6 Å². The van der Waals surface area contributed by atoms with Crippen molar-refractivity contribution < 1.29 is 31.2 Å². The fourth-order valence-corrected chi connectivity index (χ4v) is 2.08. The summed E-state index contributed by atoms with van der Waals surface area (Å²) in [5.41, 5.74) is 0.304. The van der Waals surface area contributed by atoms with E-state index in [0.717, 1.165) is 6.26 Å². The number of amides is 3. The van der Waals surface area contributed by atoms with Crippen LogP contribution in [0.4, 0.5) is 23.7 Å². The van der Waals surface area contributed by atoms with E-state index in [9.17, 15) is 31.2 Å². The smallest absolute Gasteiger partial charge is 0.376 e. The molecule has 0 radical (unpaired) electrons. The number of hydrogen-bond acceptors (Lipinski definition) is 5. The van der Waals surface area contributed by atoms with Gasteiger partial charge in [-0.1, -0.05) is 6.07 Å². The Bertz CT molecular complexity index is 689. The van der Waals surface area contributed by atoms with E-state index in [1.165, 1.54) is 29.6 Å². The van der Waals surface area contributed by atoms with Gasteiger partial charge < -0.3 is 10.6 Å². The van der Waals surface area contributed by atoms with E-state index in [1.807, 2.05) is 0 Å². The molecule has 0 atom stereocenters. The molecule has 0 fully saturated rings. The molecular weight excluding hydrogens is 339 g/mol. The molecule has 7 nitrogen and oxygen atoms in total. The molecule has 23 heavy (non-hydrogen) atoms. The van der Waals surface area contributed by atoms with Gasteiger partial charge in [0, 0.05) is 11.9 Å². The zero-order chi connectivity index (χ0) is 17.7. The number of sulfone groups is 1. The second-order valence-corrected chi connectivity index (χ2v) is 6.52. The summed E-state index contributed by atoms with van der Waals surface area (Å²) in [5.74, 6) is -0.880. The maximum absolute atomic E-state index is 11.9. The number of rotatable bonds is 5. The Morgan fingerprint density at radius 2 is 1.87 bits per heavy atom. The minimum absolute atomic E-state index is 0.0332. The third kappa shape index (κ3) is 7.49. The number of alkyl halides is 3. The number of benzene rings is 1. The van der Waals surface area contributed by atoms with Gasteiger partial charge in [-0.05, 0) is 18.2 Å². The molecule has 0 aliphatic carbocycles. The standard InChI is InChI=1S/C12H14F3N3O4S/c1-23(21,22)9-4-2-3-8(5-9)16-6-10(19)18-11(20)17-7-12(13,14)15/h2-5,16H,6-7H2,1H3,(H2,17,18,19,20). The lowest BCUT2D eigenvalue weighted by atomic mass is 10.3. The third-order valence-electron chi connectivity index (χ3n) is 2.42. The zero-order valence-electron chi connectivity index (χ0n) is 11.9. The topological polar surface area (TPSA) is 104 Å². The normalized spacial score (nSPS) is 11.7. The highest BCUT2D eigenvalue weighted by molar-refractivity contribution is 7.90. The first-order chi connectivity index (χ1) is 10.5. The number of carbonyl (C=O) groups excluding carboxylic acids is 2. The van der Waals surface area contributed by atoms with Crippen LogP contribution in [-0.2, 0) is 14.6 Å². The van der Waals surface area contributed by atoms with Crippen LogP contribution < -0.4 is 16.0 Å². The minimum atomic E-state index is -4.58. The number of carbonyl (C=O) groups is 2. The Kier molecular flexibility index (Phi) is 5.96. The van der Waals surface area contributed by atoms with E-state index in [-0.39, 0.29) is 4.90 Å². The van der Waals surface area contributed by atoms with Crippen molar-refractivity contribution in [2.24, 2.45) is 0 Å². The number of imide groups is 1. The Morgan fingerprint density at radius 1 is 1.22 bits per heavy atom. The molecule has 0 spiro atoms. The van der Waals surface area contributed by atoms with Gasteiger partial charge in [0.15, 0.2) is 9.84 Å². The van der Waals surface area contributed by atoms with Gasteiger partial charge in [0.05, 0.1) is 11.4 Å². The summed E-state index contributed by atoms with van der Waals surface area (Å²) in [5, 5.41) is 5.73. The maximum Gasteiger partial charge on any atom is 0.405 e. The van der Waals surface area contributed by atoms with Crippen molar-refractivity contribution >= 4 is 27.5 Å². The van der Waals surface area contributed by atoms with Crippen molar-refractivity contribution in [2.45, 2.75) is 11.1 Å². The minimum Gasteiger partial charge on any atom is -0.376 e. The van der Waals surface area contributed by atoms with Crippen LogP contribution in [0.15, 0.2) is 29.2 Å². The maximum atomic E-state index is 11.9. The molecular formula is C12H14F3N3O4S. The molecule has 128 valence electrons. The molecule has 3 amide bonds. The molecule has 11 heteroatoms. The highest BCUT2D eigenvalue weighted by Crippen LogP contribution is 2.15. The summed E-state index contributed by atoms with van der Waals surface area (Å²) in [6.45, 7) is -1.98. The van der Waals surface area contributed by atoms with Crippen LogP contribution >= 0.6 is 0 Å². The molecule has 1 aromatic rings. The lowest BCUT2D eigenvalue weighted by Gasteiger charge is -2.10. The quantitative estimate of drug-likeness (QED) is 0.729. The molecule has 3 N–H and O–H groups in total. The highest BCUT2D eigenvalue weighted by atomic mass is 32.2. The van der Waals surface area contributed by atoms with E-state index in [0.29, 0.717) is 5.69 Å². The largest absolute Gasteiger partial charge is 0.405 e. The Morgan fingerprint density at radius 3 is 2.43 bits per heavy atom. The first-order valence-electron chi connectivity index (χ1n) is 6.16. The fourth-order valence-electron chi connectivity index (χ4n) is 1.41. The summed E-state index contributed by atoms with van der Waals surface area (Å²) in [6.07, 6.45) is -3.56. The van der Waals surface area contributed by atoms with Crippen molar-refractivity contribution in [3.8, 4) is 0 Å². The molecule has 0 aliphatic rings. The van der Waals surface area contributed by atoms with Crippen LogP contribution in [0.3, 0.4) is 0 Å². The Balaban J connectivity index is 2.49. The highest BCUT2D eigenvalue weighted by Gasteiger charge is 2.27. The average molecular weight is 353 g/mol. The van der Waals surface area contributed by atoms with Crippen LogP contribution in [0.25, 0.3) is 0 Å². The fraction of sp³-hybridized carbons (Fsp3) is 0.333. The van der Waals surface area contributed by atoms with Crippen molar-refractivity contribution in [1.29, 1.82) is 0 Å². The number of hydrogen-bond donors (Lipinski definition) is 3. The monoisotopic (exact) mass is 353 g/mol. The summed E-state index contributed by atoms with van der Waals surface area (Å²) < 4.78 is 58.3. The lowest BCUT2D eigenvalue weighted by molar-refractivity contribution is -0.124. The molecule has 0 aliphatic heterocycles. The van der Waals surface area contributed by atoms with Gasteiger partial charge in [-0.3, -0.25) is 10.1 Å². The van der Waals surface area contributed by atoms with Gasteiger partial charge in [0.25, 0.3) is 0 Å². The van der Waals surface area contributed by atoms with Crippen molar-refractivity contribution in [3.05, 3.63) is 24.3 Å². The van der Waals surface area contributed by atoms with Crippen LogP contribution in [-0.4, -0.2) is 45.9 Å². The van der Waals surface area contributed by atoms with Gasteiger partial charge in [-0.15, -0.1) is 0 Å². The van der Waals surface area contributed by atoms with Gasteiger partial charge in [0.1, 0.15) is 6.54 Å². The summed E-state index contributed by atoms with van der Waals surface area (Å²) in [7, 11) is -3.42. The number of anilines is 1. The number of nitrogens with one attached hydrogen (secondary N) is 3. The van der Waals surface area contributed by atoms with Crippen LogP contribution in [0.1, 0.15) is 0 Å². The second kappa shape index (κ2) is 7.31. The first kappa shape index (κ1) is 18.7. The van der Waals surface area contributed by atoms with E-state index < -0.39 is 41.0 Å². The summed E-state index contributed by atoms with van der Waals surface area (Å²) in [6, 6.07) is 4.31. The molecule has 1 rings (SSSR count). The molecule has 0 unspecified atom stereocenters. The molecule has 0 bridgehead atoms. The van der Waals surface area contributed by atoms with E-state index in [2.05, 4.69) is 5.32 Å². The lowest BCUT2D eigenvalue weighted by Crippen LogP contribution is -2.45. The van der Waals surface area contributed by atoms with E-state index in [4.69, 9.17) is 0 Å². The molecule has 0 saturated carbocycles. The van der Waals surface area contributed by atoms with E-state index in [1.54, 1.807) is 5.32 Å². The average Bonchev–Trinajstić information content (AvgIpc) is 2.42. The van der Waals surface area contributed by atoms with Crippen LogP contribution in [0.2, 0.25) is 0 Å². The molecule has 0 aromatic heterocycles. The Labute approximate surface area is 130 Å². The summed E-state index contributed by atoms with van der Waals surface area (Å²) in [4.78, 5) is 22.5. The Hall–Kier alpha value is -2.30. The second-order valence-electron chi connectivity index (χ2n) is 4.50. The first-order valence-corrected chi connectivity index (χ1v) is 8.05. The predicted molar refractivity (Wildman–Crippen MR) is 75.6 cm³/mol. The van der Waals surface area contributed by atoms with Gasteiger partial charge in [-0.25, -0.2) is 13.2 Å². The SMILES string of the molecule is CS(=O)(=O)c1cccc(NCC(=O)NC(=O)NCC(F)(F)F)c1. The van der Waals surface area contributed by atoms with Crippen molar-refractivity contribution in [3.63, 3.8) is 0 Å². The van der Waals surface area contributed by atoms with Crippen LogP contribution in [0.5, 0.6) is 0 Å². The third-order valence-corrected chi connectivity index (χ3v) is 3.53. The molecule has 0 saturated heterocycles. The van der Waals surface area contributed by atoms with Gasteiger partial charge in [0.2, 0.25) is 5.91 Å². The predicted octanol–water partition coefficient (Wildman–Crippen LogP) is 0.890. The summed E-state index contributed by atoms with van der Waals surface area (Å²) >= 11 is 0. The van der Waals surface area contributed by atoms with E-state index >= 15 is 0 Å². The van der Waals surface area contributed by atoms with Crippen LogP contribution in [0, 0.1) is 0 Å². The number of urea groups is 1. The van der Waals surface area contributed by atoms with Crippen molar-refractivity contribution in [2.75, 3.05) is 24.7 Å². The molecule has 1 aromatic carbocycles.